The zero-order chi connectivity index (χ0) is 19.5. The quantitative estimate of drug-likeness (QED) is 0.545. The maximum Gasteiger partial charge on any atom is 0.140 e. The number of aliphatic hydroxyl groups excluding tert-OH is 1. The van der Waals surface area contributed by atoms with Crippen molar-refractivity contribution < 1.29 is 13.9 Å². The number of nitrogens with one attached hydrogen (secondary N) is 3. The molecule has 0 spiro atoms. The molecule has 27 heavy (non-hydrogen) atoms. The predicted molar refractivity (Wildman–Crippen MR) is 104 cm³/mol. The van der Waals surface area contributed by atoms with E-state index in [1.165, 1.54) is 6.07 Å². The Bertz CT molecular complexity index is 1040. The van der Waals surface area contributed by atoms with Crippen molar-refractivity contribution in [3.8, 4) is 11.1 Å². The van der Waals surface area contributed by atoms with E-state index < -0.39 is 29.3 Å². The van der Waals surface area contributed by atoms with Crippen LogP contribution in [0.15, 0.2) is 30.5 Å². The summed E-state index contributed by atoms with van der Waals surface area (Å²) in [5.74, 6) is -1.30. The number of H-pyrrole nitrogens is 1. The summed E-state index contributed by atoms with van der Waals surface area (Å²) in [5.41, 5.74) is 1.97. The van der Waals surface area contributed by atoms with Crippen molar-refractivity contribution >= 4 is 16.6 Å². The first kappa shape index (κ1) is 17.9. The lowest BCUT2D eigenvalue weighted by Crippen LogP contribution is -2.53. The van der Waals surface area contributed by atoms with Gasteiger partial charge >= 0.3 is 0 Å². The van der Waals surface area contributed by atoms with Crippen LogP contribution in [-0.4, -0.2) is 28.8 Å². The van der Waals surface area contributed by atoms with Gasteiger partial charge in [-0.15, -0.1) is 0 Å². The number of aliphatic hydroxyl groups is 1. The topological polar surface area (TPSA) is 60.1 Å². The van der Waals surface area contributed by atoms with Crippen LogP contribution in [0.4, 0.5) is 14.5 Å². The van der Waals surface area contributed by atoms with Gasteiger partial charge in [0.15, 0.2) is 0 Å². The Morgan fingerprint density at radius 1 is 1.22 bits per heavy atom. The van der Waals surface area contributed by atoms with Gasteiger partial charge in [0, 0.05) is 28.4 Å². The first-order valence-electron chi connectivity index (χ1n) is 8.98. The van der Waals surface area contributed by atoms with E-state index in [9.17, 15) is 5.11 Å². The van der Waals surface area contributed by atoms with Crippen LogP contribution in [0.5, 0.6) is 0 Å². The van der Waals surface area contributed by atoms with Gasteiger partial charge in [-0.1, -0.05) is 18.2 Å². The normalized spacial score (nSPS) is 21.1. The highest BCUT2D eigenvalue weighted by Crippen LogP contribution is 2.44. The van der Waals surface area contributed by atoms with Crippen LogP contribution < -0.4 is 10.6 Å². The Hall–Kier alpha value is -2.44. The summed E-state index contributed by atoms with van der Waals surface area (Å²) in [6, 6.07) is 6.09. The van der Waals surface area contributed by atoms with Crippen molar-refractivity contribution in [2.45, 2.75) is 38.5 Å². The summed E-state index contributed by atoms with van der Waals surface area (Å²) in [7, 11) is 1.66. The molecule has 0 amide bonds. The highest BCUT2D eigenvalue weighted by Gasteiger charge is 2.42. The molecule has 3 aromatic rings. The third-order valence-electron chi connectivity index (χ3n) is 5.58. The molecule has 0 radical (unpaired) electrons. The molecule has 2 atom stereocenters. The molecule has 0 saturated carbocycles. The highest BCUT2D eigenvalue weighted by atomic mass is 19.1. The summed E-state index contributed by atoms with van der Waals surface area (Å²) in [4.78, 5) is 3.12. The average Bonchev–Trinajstić information content (AvgIpc) is 2.98. The number of halogens is 2. The van der Waals surface area contributed by atoms with E-state index in [4.69, 9.17) is 0 Å². The zero-order valence-corrected chi connectivity index (χ0v) is 15.7. The number of benzene rings is 2. The van der Waals surface area contributed by atoms with Crippen molar-refractivity contribution in [2.75, 3.05) is 12.4 Å². The van der Waals surface area contributed by atoms with Gasteiger partial charge < -0.3 is 20.7 Å². The van der Waals surface area contributed by atoms with Gasteiger partial charge in [-0.05, 0) is 39.4 Å². The monoisotopic (exact) mass is 371 g/mol. The van der Waals surface area contributed by atoms with Gasteiger partial charge in [0.1, 0.15) is 11.6 Å². The smallest absolute Gasteiger partial charge is 0.140 e. The van der Waals surface area contributed by atoms with E-state index in [0.29, 0.717) is 16.8 Å². The minimum absolute atomic E-state index is 0.0878. The second-order valence-corrected chi connectivity index (χ2v) is 7.77. The minimum Gasteiger partial charge on any atom is -0.389 e. The molecule has 1 aliphatic heterocycles. The lowest BCUT2D eigenvalue weighted by Gasteiger charge is -2.43. The molecule has 1 aromatic heterocycles. The van der Waals surface area contributed by atoms with E-state index in [1.54, 1.807) is 33.0 Å². The van der Waals surface area contributed by atoms with Gasteiger partial charge in [0.25, 0.3) is 0 Å². The fourth-order valence-electron chi connectivity index (χ4n) is 4.09. The highest BCUT2D eigenvalue weighted by molar-refractivity contribution is 5.96. The van der Waals surface area contributed by atoms with Crippen molar-refractivity contribution in [3.05, 3.63) is 53.2 Å². The predicted octanol–water partition coefficient (Wildman–Crippen LogP) is 4.25. The molecule has 142 valence electrons. The maximum absolute atomic E-state index is 15.7. The first-order chi connectivity index (χ1) is 12.8. The fourth-order valence-corrected chi connectivity index (χ4v) is 4.09. The number of likely N-dealkylation sites (N-methyl/N-ethyl adjacent to an activating group) is 1. The van der Waals surface area contributed by atoms with Crippen molar-refractivity contribution in [3.63, 3.8) is 0 Å². The molecule has 2 unspecified atom stereocenters. The van der Waals surface area contributed by atoms with Gasteiger partial charge in [0.2, 0.25) is 0 Å². The fraction of sp³-hybridized carbons (Fsp3) is 0.333. The van der Waals surface area contributed by atoms with Crippen LogP contribution in [0.2, 0.25) is 0 Å². The summed E-state index contributed by atoms with van der Waals surface area (Å²) in [6.07, 6.45) is 0.943. The largest absolute Gasteiger partial charge is 0.389 e. The van der Waals surface area contributed by atoms with Gasteiger partial charge in [-0.2, -0.15) is 0 Å². The van der Waals surface area contributed by atoms with E-state index in [2.05, 4.69) is 15.6 Å². The van der Waals surface area contributed by atoms with Crippen molar-refractivity contribution in [1.82, 2.24) is 10.3 Å². The molecule has 0 saturated heterocycles. The summed E-state index contributed by atoms with van der Waals surface area (Å²) in [5, 5.41) is 17.7. The van der Waals surface area contributed by atoms with Crippen LogP contribution >= 0.6 is 0 Å². The number of anilines is 1. The summed E-state index contributed by atoms with van der Waals surface area (Å²) < 4.78 is 30.7. The molecular formula is C21H23F2N3O. The number of hydrogen-bond acceptors (Lipinski definition) is 3. The number of rotatable bonds is 2. The first-order valence-corrected chi connectivity index (χ1v) is 8.98. The zero-order valence-electron chi connectivity index (χ0n) is 15.7. The number of aromatic amines is 1. The van der Waals surface area contributed by atoms with Gasteiger partial charge in [-0.25, -0.2) is 8.78 Å². The standard InChI is InChI=1S/C21H23F2N3O/c1-10-9-25-18-11(10)6-5-7-12(18)15-13(22)8-14-16(17(15)23)19(24-4)20(27)21(2,3)26-14/h5-9,19-20,24-27H,1-4H3. The number of para-hydroxylation sites is 1. The van der Waals surface area contributed by atoms with Gasteiger partial charge in [0.05, 0.1) is 28.8 Å². The van der Waals surface area contributed by atoms with E-state index in [0.717, 1.165) is 10.9 Å². The van der Waals surface area contributed by atoms with E-state index >= 15 is 8.78 Å². The third-order valence-corrected chi connectivity index (χ3v) is 5.58. The summed E-state index contributed by atoms with van der Waals surface area (Å²) >= 11 is 0. The second-order valence-electron chi connectivity index (χ2n) is 7.77. The van der Waals surface area contributed by atoms with Crippen LogP contribution in [0, 0.1) is 18.6 Å². The molecule has 4 N–H and O–H groups in total. The Morgan fingerprint density at radius 3 is 2.67 bits per heavy atom. The summed E-state index contributed by atoms with van der Waals surface area (Å²) in [6.45, 7) is 5.55. The lowest BCUT2D eigenvalue weighted by molar-refractivity contribution is 0.0701. The molecule has 1 aliphatic rings. The molecule has 0 fully saturated rings. The van der Waals surface area contributed by atoms with E-state index in [1.807, 2.05) is 19.2 Å². The van der Waals surface area contributed by atoms with Crippen LogP contribution in [0.3, 0.4) is 0 Å². The number of hydrogen-bond donors (Lipinski definition) is 4. The number of aryl methyl sites for hydroxylation is 1. The number of aromatic nitrogens is 1. The average molecular weight is 371 g/mol. The molecule has 4 rings (SSSR count). The van der Waals surface area contributed by atoms with Crippen LogP contribution in [0.25, 0.3) is 22.0 Å². The molecule has 2 heterocycles. The number of fused-ring (bicyclic) bond motifs is 2. The maximum atomic E-state index is 15.7. The third kappa shape index (κ3) is 2.55. The van der Waals surface area contributed by atoms with Crippen LogP contribution in [-0.2, 0) is 0 Å². The Kier molecular flexibility index (Phi) is 4.01. The second kappa shape index (κ2) is 6.04. The molecular weight excluding hydrogens is 348 g/mol. The molecule has 0 bridgehead atoms. The van der Waals surface area contributed by atoms with Crippen LogP contribution in [0.1, 0.15) is 31.0 Å². The Morgan fingerprint density at radius 2 is 1.96 bits per heavy atom. The van der Waals surface area contributed by atoms with E-state index in [-0.39, 0.29) is 11.1 Å². The van der Waals surface area contributed by atoms with Crippen molar-refractivity contribution in [2.24, 2.45) is 0 Å². The lowest BCUT2D eigenvalue weighted by atomic mass is 9.81. The Labute approximate surface area is 156 Å². The minimum atomic E-state index is -0.883. The molecule has 4 nitrogen and oxygen atoms in total. The molecule has 0 aliphatic carbocycles. The molecule has 2 aromatic carbocycles. The molecule has 6 heteroatoms. The SMILES string of the molecule is CNC1c2c(cc(F)c(-c3cccc4c(C)c[nH]c34)c2F)NC(C)(C)C1O. The van der Waals surface area contributed by atoms with Crippen molar-refractivity contribution in [1.29, 1.82) is 0 Å². The Balaban J connectivity index is 2.01. The van der Waals surface area contributed by atoms with Gasteiger partial charge in [-0.3, -0.25) is 0 Å².